The highest BCUT2D eigenvalue weighted by Crippen LogP contribution is 2.20. The van der Waals surface area contributed by atoms with E-state index in [0.29, 0.717) is 5.56 Å². The summed E-state index contributed by atoms with van der Waals surface area (Å²) < 4.78 is 0. The van der Waals surface area contributed by atoms with Crippen molar-refractivity contribution in [1.82, 2.24) is 10.4 Å². The number of hydrogen-bond acceptors (Lipinski definition) is 3. The first-order chi connectivity index (χ1) is 12.3. The van der Waals surface area contributed by atoms with E-state index in [1.165, 1.54) is 18.5 Å². The molecule has 126 valence electrons. The molecule has 5 nitrogen and oxygen atoms in total. The number of nitrogens with one attached hydrogen (secondary N) is 2. The fourth-order valence-electron chi connectivity index (χ4n) is 3.22. The summed E-state index contributed by atoms with van der Waals surface area (Å²) in [6.07, 6.45) is 6.02. The third kappa shape index (κ3) is 3.26. The second-order valence-corrected chi connectivity index (χ2v) is 6.23. The predicted octanol–water partition coefficient (Wildman–Crippen LogP) is 3.53. The van der Waals surface area contributed by atoms with Crippen LogP contribution < -0.4 is 10.3 Å². The van der Waals surface area contributed by atoms with Crippen LogP contribution in [0.3, 0.4) is 0 Å². The highest BCUT2D eigenvalue weighted by molar-refractivity contribution is 6.00. The van der Waals surface area contributed by atoms with Gasteiger partial charge in [-0.25, -0.2) is 5.43 Å². The summed E-state index contributed by atoms with van der Waals surface area (Å²) in [5.41, 5.74) is 6.37. The van der Waals surface area contributed by atoms with Crippen molar-refractivity contribution in [2.45, 2.75) is 12.8 Å². The lowest BCUT2D eigenvalue weighted by Crippen LogP contribution is -2.19. The maximum atomic E-state index is 12.2. The minimum Gasteiger partial charge on any atom is -0.372 e. The average molecular weight is 332 g/mol. The van der Waals surface area contributed by atoms with Gasteiger partial charge in [0, 0.05) is 47.0 Å². The number of hydrogen-bond donors (Lipinski definition) is 2. The Balaban J connectivity index is 1.41. The molecular formula is C20H20N4O. The van der Waals surface area contributed by atoms with E-state index in [4.69, 9.17) is 0 Å². The van der Waals surface area contributed by atoms with Gasteiger partial charge >= 0.3 is 0 Å². The zero-order valence-electron chi connectivity index (χ0n) is 13.9. The molecule has 0 unspecified atom stereocenters. The number of carbonyl (C=O) groups excluding carboxylic acids is 1. The minimum atomic E-state index is -0.205. The molecule has 0 radical (unpaired) electrons. The van der Waals surface area contributed by atoms with Gasteiger partial charge in [0.15, 0.2) is 0 Å². The van der Waals surface area contributed by atoms with Gasteiger partial charge in [0.25, 0.3) is 5.91 Å². The van der Waals surface area contributed by atoms with Gasteiger partial charge in [0.2, 0.25) is 0 Å². The highest BCUT2D eigenvalue weighted by atomic mass is 16.2. The van der Waals surface area contributed by atoms with Gasteiger partial charge < -0.3 is 9.88 Å². The fourth-order valence-corrected chi connectivity index (χ4v) is 3.22. The smallest absolute Gasteiger partial charge is 0.271 e. The van der Waals surface area contributed by atoms with Crippen LogP contribution in [0.15, 0.2) is 59.8 Å². The zero-order valence-corrected chi connectivity index (χ0v) is 13.9. The van der Waals surface area contributed by atoms with E-state index in [-0.39, 0.29) is 5.91 Å². The number of nitrogens with zero attached hydrogens (tertiary/aromatic N) is 2. The number of rotatable bonds is 4. The number of benzene rings is 2. The van der Waals surface area contributed by atoms with Crippen LogP contribution in [0, 0.1) is 0 Å². The van der Waals surface area contributed by atoms with Gasteiger partial charge in [-0.2, -0.15) is 5.10 Å². The largest absolute Gasteiger partial charge is 0.372 e. The molecule has 2 heterocycles. The van der Waals surface area contributed by atoms with Crippen LogP contribution in [0.1, 0.15) is 28.8 Å². The molecular weight excluding hydrogens is 312 g/mol. The third-order valence-corrected chi connectivity index (χ3v) is 4.59. The van der Waals surface area contributed by atoms with Crippen LogP contribution in [-0.2, 0) is 0 Å². The lowest BCUT2D eigenvalue weighted by molar-refractivity contribution is 0.0955. The third-order valence-electron chi connectivity index (χ3n) is 4.59. The van der Waals surface area contributed by atoms with E-state index in [0.717, 1.165) is 29.6 Å². The van der Waals surface area contributed by atoms with Gasteiger partial charge in [-0.3, -0.25) is 4.79 Å². The van der Waals surface area contributed by atoms with E-state index in [9.17, 15) is 4.79 Å². The van der Waals surface area contributed by atoms with Crippen molar-refractivity contribution < 1.29 is 4.79 Å². The lowest BCUT2D eigenvalue weighted by Gasteiger charge is -2.17. The summed E-state index contributed by atoms with van der Waals surface area (Å²) in [4.78, 5) is 17.7. The second kappa shape index (κ2) is 6.81. The number of aromatic nitrogens is 1. The molecule has 1 aromatic heterocycles. The number of hydrazone groups is 1. The molecule has 1 amide bonds. The Bertz CT molecular complexity index is 905. The van der Waals surface area contributed by atoms with Crippen LogP contribution >= 0.6 is 0 Å². The average Bonchev–Trinajstić information content (AvgIpc) is 3.32. The molecule has 1 aliphatic rings. The number of aromatic amines is 1. The van der Waals surface area contributed by atoms with Crippen molar-refractivity contribution in [3.8, 4) is 0 Å². The van der Waals surface area contributed by atoms with Crippen LogP contribution in [0.2, 0.25) is 0 Å². The lowest BCUT2D eigenvalue weighted by atomic mass is 10.2. The van der Waals surface area contributed by atoms with Gasteiger partial charge in [-0.05, 0) is 43.2 Å². The molecule has 0 saturated carbocycles. The Hall–Kier alpha value is -3.08. The molecule has 3 aromatic rings. The molecule has 0 bridgehead atoms. The van der Waals surface area contributed by atoms with Crippen molar-refractivity contribution >= 4 is 28.7 Å². The Morgan fingerprint density at radius 3 is 2.64 bits per heavy atom. The van der Waals surface area contributed by atoms with E-state index in [1.54, 1.807) is 6.21 Å². The highest BCUT2D eigenvalue weighted by Gasteiger charge is 2.12. The topological polar surface area (TPSA) is 60.5 Å². The maximum Gasteiger partial charge on any atom is 0.271 e. The Labute approximate surface area is 146 Å². The summed E-state index contributed by atoms with van der Waals surface area (Å²) in [7, 11) is 0. The van der Waals surface area contributed by atoms with Crippen molar-refractivity contribution in [2.24, 2.45) is 5.10 Å². The summed E-state index contributed by atoms with van der Waals surface area (Å²) in [5.74, 6) is -0.205. The number of para-hydroxylation sites is 1. The number of H-pyrrole nitrogens is 1. The molecule has 2 N–H and O–H groups in total. The van der Waals surface area contributed by atoms with Crippen LogP contribution in [0.4, 0.5) is 5.69 Å². The Morgan fingerprint density at radius 1 is 1.08 bits per heavy atom. The van der Waals surface area contributed by atoms with Gasteiger partial charge in [-0.15, -0.1) is 0 Å². The maximum absolute atomic E-state index is 12.2. The minimum absolute atomic E-state index is 0.205. The summed E-state index contributed by atoms with van der Waals surface area (Å²) in [6, 6.07) is 15.7. The summed E-state index contributed by atoms with van der Waals surface area (Å²) in [6.45, 7) is 2.20. The van der Waals surface area contributed by atoms with Gasteiger partial charge in [-0.1, -0.05) is 18.2 Å². The normalized spacial score (nSPS) is 14.5. The Morgan fingerprint density at radius 2 is 1.84 bits per heavy atom. The quantitative estimate of drug-likeness (QED) is 0.567. The molecule has 4 rings (SSSR count). The van der Waals surface area contributed by atoms with E-state index in [2.05, 4.69) is 20.4 Å². The molecule has 2 aromatic carbocycles. The number of anilines is 1. The second-order valence-electron chi connectivity index (χ2n) is 6.23. The van der Waals surface area contributed by atoms with E-state index in [1.807, 2.05) is 54.7 Å². The molecule has 0 atom stereocenters. The van der Waals surface area contributed by atoms with Crippen LogP contribution in [-0.4, -0.2) is 30.2 Å². The summed E-state index contributed by atoms with van der Waals surface area (Å²) in [5, 5.41) is 5.16. The number of fused-ring (bicyclic) bond motifs is 1. The Kier molecular flexibility index (Phi) is 4.21. The SMILES string of the molecule is O=C(N/N=C/c1c[nH]c2ccccc12)c1ccc(N2CCCC2)cc1. The number of carbonyl (C=O) groups is 1. The van der Waals surface area contributed by atoms with Gasteiger partial charge in [0.1, 0.15) is 0 Å². The predicted molar refractivity (Wildman–Crippen MR) is 101 cm³/mol. The van der Waals surface area contributed by atoms with Crippen molar-refractivity contribution in [3.63, 3.8) is 0 Å². The van der Waals surface area contributed by atoms with Crippen molar-refractivity contribution in [2.75, 3.05) is 18.0 Å². The van der Waals surface area contributed by atoms with E-state index < -0.39 is 0 Å². The molecule has 25 heavy (non-hydrogen) atoms. The molecule has 5 heteroatoms. The molecule has 1 aliphatic heterocycles. The fraction of sp³-hybridized carbons (Fsp3) is 0.200. The first-order valence-corrected chi connectivity index (χ1v) is 8.56. The summed E-state index contributed by atoms with van der Waals surface area (Å²) >= 11 is 0. The van der Waals surface area contributed by atoms with Crippen LogP contribution in [0.25, 0.3) is 10.9 Å². The van der Waals surface area contributed by atoms with Crippen LogP contribution in [0.5, 0.6) is 0 Å². The standard InChI is InChI=1S/C20H20N4O/c25-20(15-7-9-17(10-8-15)24-11-3-4-12-24)23-22-14-16-13-21-19-6-2-1-5-18(16)19/h1-2,5-10,13-14,21H,3-4,11-12H2,(H,23,25)/b22-14+. The molecule has 0 aliphatic carbocycles. The van der Waals surface area contributed by atoms with Crippen molar-refractivity contribution in [3.05, 3.63) is 65.9 Å². The monoisotopic (exact) mass is 332 g/mol. The van der Waals surface area contributed by atoms with Gasteiger partial charge in [0.05, 0.1) is 6.21 Å². The zero-order chi connectivity index (χ0) is 17.1. The molecule has 0 spiro atoms. The molecule has 1 fully saturated rings. The first-order valence-electron chi connectivity index (χ1n) is 8.56. The molecule has 1 saturated heterocycles. The number of amides is 1. The first kappa shape index (κ1) is 15.4. The van der Waals surface area contributed by atoms with Crippen molar-refractivity contribution in [1.29, 1.82) is 0 Å². The van der Waals surface area contributed by atoms with E-state index >= 15 is 0 Å².